The van der Waals surface area contributed by atoms with Crippen molar-refractivity contribution in [3.8, 4) is 11.4 Å². The van der Waals surface area contributed by atoms with Crippen LogP contribution in [-0.2, 0) is 0 Å². The first-order chi connectivity index (χ1) is 22.4. The van der Waals surface area contributed by atoms with Crippen LogP contribution in [0.4, 0.5) is 0 Å². The number of fused-ring (bicyclic) bond motifs is 13. The fraction of sp³-hybridized carbons (Fsp3) is 0. The van der Waals surface area contributed by atoms with Crippen molar-refractivity contribution in [1.29, 1.82) is 0 Å². The van der Waals surface area contributed by atoms with E-state index in [9.17, 15) is 0 Å². The zero-order valence-electron chi connectivity index (χ0n) is 24.3. The Labute approximate surface area is 257 Å². The predicted molar refractivity (Wildman–Crippen MR) is 190 cm³/mol. The number of nitrogens with zero attached hydrogens (tertiary/aromatic N) is 3. The predicted octanol–water partition coefficient (Wildman–Crippen LogP) is 11.0. The Bertz CT molecular complexity index is 2970. The Morgan fingerprint density at radius 3 is 1.36 bits per heavy atom. The van der Waals surface area contributed by atoms with Crippen LogP contribution < -0.4 is 0 Å². The topological polar surface area (TPSA) is 14.3 Å². The van der Waals surface area contributed by atoms with Crippen LogP contribution in [-0.4, -0.2) is 13.5 Å². The van der Waals surface area contributed by atoms with E-state index in [0.29, 0.717) is 0 Å². The van der Waals surface area contributed by atoms with Crippen molar-refractivity contribution in [2.24, 2.45) is 0 Å². The van der Waals surface area contributed by atoms with Gasteiger partial charge in [0, 0.05) is 54.5 Å². The molecule has 208 valence electrons. The summed E-state index contributed by atoms with van der Waals surface area (Å²) in [6.45, 7) is 0. The van der Waals surface area contributed by atoms with E-state index in [1.165, 1.54) is 87.4 Å². The quantitative estimate of drug-likeness (QED) is 0.196. The van der Waals surface area contributed by atoms with Crippen molar-refractivity contribution in [2.45, 2.75) is 0 Å². The van der Waals surface area contributed by atoms with E-state index in [1.54, 1.807) is 0 Å². The Balaban J connectivity index is 1.35. The molecule has 3 nitrogen and oxygen atoms in total. The molecule has 11 rings (SSSR count). The van der Waals surface area contributed by atoms with Crippen molar-refractivity contribution in [3.05, 3.63) is 152 Å². The second kappa shape index (κ2) is 8.31. The van der Waals surface area contributed by atoms with E-state index in [-0.39, 0.29) is 0 Å². The molecule has 3 heteroatoms. The molecule has 0 spiro atoms. The van der Waals surface area contributed by atoms with Crippen molar-refractivity contribution in [1.82, 2.24) is 13.5 Å². The lowest BCUT2D eigenvalue weighted by Gasteiger charge is -2.13. The van der Waals surface area contributed by atoms with E-state index in [2.05, 4.69) is 165 Å². The van der Waals surface area contributed by atoms with E-state index >= 15 is 0 Å². The average Bonchev–Trinajstić information content (AvgIpc) is 3.82. The number of hydrogen-bond donors (Lipinski definition) is 0. The molecule has 0 N–H and O–H groups in total. The van der Waals surface area contributed by atoms with E-state index in [0.717, 1.165) is 5.69 Å². The minimum Gasteiger partial charge on any atom is -0.308 e. The number of para-hydroxylation sites is 5. The highest BCUT2D eigenvalue weighted by atomic mass is 15.0. The number of hydrogen-bond acceptors (Lipinski definition) is 0. The molecular weight excluding hydrogens is 546 g/mol. The SMILES string of the molecule is c1ccc(-n2c3ccccc3c3ccc4c5ccccc5n(-c5ccc6c7cccc8c9ccccc9n(c6c5)c87)c4c32)cc1. The molecule has 11 aromatic rings. The summed E-state index contributed by atoms with van der Waals surface area (Å²) in [7, 11) is 0. The molecule has 45 heavy (non-hydrogen) atoms. The molecule has 0 aliphatic carbocycles. The first kappa shape index (κ1) is 23.4. The van der Waals surface area contributed by atoms with Gasteiger partial charge in [-0.05, 0) is 42.5 Å². The summed E-state index contributed by atoms with van der Waals surface area (Å²) in [5.41, 5.74) is 11.0. The number of rotatable bonds is 2. The first-order valence-electron chi connectivity index (χ1n) is 15.5. The average molecular weight is 572 g/mol. The van der Waals surface area contributed by atoms with Crippen LogP contribution in [0, 0.1) is 0 Å². The molecule has 0 amide bonds. The summed E-state index contributed by atoms with van der Waals surface area (Å²) in [5, 5.41) is 10.3. The molecule has 0 aliphatic rings. The van der Waals surface area contributed by atoms with Gasteiger partial charge in [-0.1, -0.05) is 109 Å². The maximum Gasteiger partial charge on any atom is 0.0788 e. The second-order valence-corrected chi connectivity index (χ2v) is 12.2. The van der Waals surface area contributed by atoms with Crippen molar-refractivity contribution >= 4 is 81.7 Å². The largest absolute Gasteiger partial charge is 0.308 e. The molecular formula is C42H25N3. The first-order valence-corrected chi connectivity index (χ1v) is 15.5. The molecule has 0 fully saturated rings. The Hall–Kier alpha value is -6.06. The summed E-state index contributed by atoms with van der Waals surface area (Å²) in [4.78, 5) is 0. The molecule has 0 radical (unpaired) electrons. The number of aromatic nitrogens is 3. The fourth-order valence-electron chi connectivity index (χ4n) is 8.17. The van der Waals surface area contributed by atoms with Crippen LogP contribution in [0.1, 0.15) is 0 Å². The van der Waals surface area contributed by atoms with Gasteiger partial charge in [-0.3, -0.25) is 0 Å². The smallest absolute Gasteiger partial charge is 0.0788 e. The monoisotopic (exact) mass is 571 g/mol. The van der Waals surface area contributed by atoms with Gasteiger partial charge in [0.2, 0.25) is 0 Å². The zero-order chi connectivity index (χ0) is 29.2. The molecule has 0 atom stereocenters. The van der Waals surface area contributed by atoms with Crippen LogP contribution in [0.25, 0.3) is 93.1 Å². The summed E-state index contributed by atoms with van der Waals surface area (Å²) in [6, 6.07) is 55.6. The highest BCUT2D eigenvalue weighted by Gasteiger charge is 2.22. The van der Waals surface area contributed by atoms with Gasteiger partial charge in [0.25, 0.3) is 0 Å². The maximum atomic E-state index is 2.50. The van der Waals surface area contributed by atoms with Crippen molar-refractivity contribution < 1.29 is 0 Å². The van der Waals surface area contributed by atoms with E-state index in [4.69, 9.17) is 0 Å². The second-order valence-electron chi connectivity index (χ2n) is 12.2. The highest BCUT2D eigenvalue weighted by Crippen LogP contribution is 2.43. The molecule has 7 aromatic carbocycles. The maximum absolute atomic E-state index is 2.50. The third kappa shape index (κ3) is 2.86. The minimum atomic E-state index is 1.16. The van der Waals surface area contributed by atoms with E-state index in [1.807, 2.05) is 0 Å². The molecule has 0 aliphatic heterocycles. The van der Waals surface area contributed by atoms with Crippen LogP contribution in [0.5, 0.6) is 0 Å². The third-order valence-corrected chi connectivity index (χ3v) is 9.95. The lowest BCUT2D eigenvalue weighted by molar-refractivity contribution is 1.15. The number of benzene rings is 7. The summed E-state index contributed by atoms with van der Waals surface area (Å²) in [6.07, 6.45) is 0. The van der Waals surface area contributed by atoms with Crippen LogP contribution in [0.3, 0.4) is 0 Å². The highest BCUT2D eigenvalue weighted by molar-refractivity contribution is 6.25. The minimum absolute atomic E-state index is 1.16. The Morgan fingerprint density at radius 2 is 0.711 bits per heavy atom. The van der Waals surface area contributed by atoms with E-state index < -0.39 is 0 Å². The summed E-state index contributed by atoms with van der Waals surface area (Å²) < 4.78 is 7.43. The molecule has 4 heterocycles. The summed E-state index contributed by atoms with van der Waals surface area (Å²) >= 11 is 0. The van der Waals surface area contributed by atoms with Gasteiger partial charge in [-0.15, -0.1) is 0 Å². The van der Waals surface area contributed by atoms with Crippen LogP contribution in [0.2, 0.25) is 0 Å². The molecule has 0 saturated heterocycles. The van der Waals surface area contributed by atoms with Gasteiger partial charge < -0.3 is 13.5 Å². The van der Waals surface area contributed by atoms with Crippen molar-refractivity contribution in [2.75, 3.05) is 0 Å². The molecule has 0 bridgehead atoms. The lowest BCUT2D eigenvalue weighted by Crippen LogP contribution is -1.98. The van der Waals surface area contributed by atoms with Gasteiger partial charge in [-0.25, -0.2) is 0 Å². The molecule has 0 unspecified atom stereocenters. The zero-order valence-corrected chi connectivity index (χ0v) is 24.3. The van der Waals surface area contributed by atoms with Gasteiger partial charge in [-0.2, -0.15) is 0 Å². The van der Waals surface area contributed by atoms with Crippen molar-refractivity contribution in [3.63, 3.8) is 0 Å². The Kier molecular flexibility index (Phi) is 4.32. The molecule has 4 aromatic heterocycles. The lowest BCUT2D eigenvalue weighted by atomic mass is 10.1. The summed E-state index contributed by atoms with van der Waals surface area (Å²) in [5.74, 6) is 0. The van der Waals surface area contributed by atoms with Crippen LogP contribution in [0.15, 0.2) is 152 Å². The Morgan fingerprint density at radius 1 is 0.267 bits per heavy atom. The van der Waals surface area contributed by atoms with Gasteiger partial charge in [0.15, 0.2) is 0 Å². The third-order valence-electron chi connectivity index (χ3n) is 9.95. The van der Waals surface area contributed by atoms with Crippen LogP contribution >= 0.6 is 0 Å². The molecule has 0 saturated carbocycles. The van der Waals surface area contributed by atoms with Gasteiger partial charge in [0.1, 0.15) is 0 Å². The normalized spacial score (nSPS) is 12.4. The van der Waals surface area contributed by atoms with Gasteiger partial charge in [0.05, 0.1) is 38.6 Å². The standard InChI is InChI=1S/C42H25N3/c1-2-11-26(12-3-1)43-36-18-7-4-14-29(36)34-23-24-35-30-15-5-8-19-37(30)44(42(35)41(34)43)27-21-22-31-33-17-10-16-32-28-13-6-9-20-38(28)45(40(32)33)39(31)25-27/h1-25H. The fourth-order valence-corrected chi connectivity index (χ4v) is 8.17. The van der Waals surface area contributed by atoms with Gasteiger partial charge >= 0.3 is 0 Å².